The van der Waals surface area contributed by atoms with Crippen LogP contribution in [0.2, 0.25) is 0 Å². The summed E-state index contributed by atoms with van der Waals surface area (Å²) in [5.74, 6) is 0.818. The second-order valence-corrected chi connectivity index (χ2v) is 8.55. The Kier molecular flexibility index (Phi) is 6.81. The second kappa shape index (κ2) is 8.93. The number of pyridine rings is 1. The molecule has 0 saturated heterocycles. The number of aromatic nitrogens is 3. The van der Waals surface area contributed by atoms with E-state index in [-0.39, 0.29) is 5.96 Å². The summed E-state index contributed by atoms with van der Waals surface area (Å²) in [7, 11) is 0. The number of hydrogen-bond acceptors (Lipinski definition) is 6. The molecule has 2 rings (SSSR count). The number of rotatable bonds is 2. The van der Waals surface area contributed by atoms with Gasteiger partial charge in [-0.2, -0.15) is 0 Å². The van der Waals surface area contributed by atoms with E-state index >= 15 is 0 Å². The number of guanidine groups is 1. The summed E-state index contributed by atoms with van der Waals surface area (Å²) in [5, 5.41) is 5.20. The Labute approximate surface area is 175 Å². The molecule has 2 aromatic heterocycles. The van der Waals surface area contributed by atoms with Crippen molar-refractivity contribution < 1.29 is 19.1 Å². The fourth-order valence-corrected chi connectivity index (χ4v) is 2.16. The number of anilines is 1. The number of hydrogen-bond donors (Lipinski definition) is 2. The summed E-state index contributed by atoms with van der Waals surface area (Å²) in [5.41, 5.74) is -0.419. The topological polar surface area (TPSA) is 120 Å². The number of imidazole rings is 1. The van der Waals surface area contributed by atoms with E-state index in [1.54, 1.807) is 64.8 Å². The van der Waals surface area contributed by atoms with E-state index in [2.05, 4.69) is 25.6 Å². The Balaban J connectivity index is 2.22. The minimum absolute atomic E-state index is 0.180. The quantitative estimate of drug-likeness (QED) is 0.564. The van der Waals surface area contributed by atoms with Crippen molar-refractivity contribution in [2.45, 2.75) is 59.7 Å². The van der Waals surface area contributed by atoms with Gasteiger partial charge in [-0.25, -0.2) is 19.6 Å². The highest BCUT2D eigenvalue weighted by atomic mass is 16.6. The van der Waals surface area contributed by atoms with Crippen LogP contribution in [-0.4, -0.2) is 43.9 Å². The Morgan fingerprint density at radius 2 is 1.73 bits per heavy atom. The van der Waals surface area contributed by atoms with Crippen LogP contribution in [0.3, 0.4) is 0 Å². The van der Waals surface area contributed by atoms with E-state index in [0.717, 1.165) is 5.56 Å². The molecule has 0 aliphatic carbocycles. The minimum atomic E-state index is -0.874. The normalized spacial score (nSPS) is 12.3. The van der Waals surface area contributed by atoms with Crippen LogP contribution in [0.4, 0.5) is 15.4 Å². The van der Waals surface area contributed by atoms with Crippen molar-refractivity contribution in [1.29, 1.82) is 0 Å². The van der Waals surface area contributed by atoms with Crippen LogP contribution in [0.25, 0.3) is 5.82 Å². The van der Waals surface area contributed by atoms with E-state index in [0.29, 0.717) is 11.6 Å². The van der Waals surface area contributed by atoms with Crippen LogP contribution in [-0.2, 0) is 9.47 Å². The summed E-state index contributed by atoms with van der Waals surface area (Å²) >= 11 is 0. The Bertz CT molecular complexity index is 937. The zero-order valence-corrected chi connectivity index (χ0v) is 18.3. The van der Waals surface area contributed by atoms with Gasteiger partial charge >= 0.3 is 12.2 Å². The predicted molar refractivity (Wildman–Crippen MR) is 113 cm³/mol. The molecule has 0 saturated carbocycles. The standard InChI is InChI=1S/C20H28N6O4/c1-13-8-9-21-15(10-13)26-11-14(22-12-26)23-16(24-17(27)29-19(2,3)4)25-18(28)30-20(5,6)7/h8-12H,1-7H3,(H2,23,24,25,27,28). The molecular formula is C20H28N6O4. The fourth-order valence-electron chi connectivity index (χ4n) is 2.16. The van der Waals surface area contributed by atoms with Crippen molar-refractivity contribution in [3.8, 4) is 5.82 Å². The number of nitrogens with zero attached hydrogens (tertiary/aromatic N) is 4. The molecule has 2 N–H and O–H groups in total. The first kappa shape index (κ1) is 22.9. The lowest BCUT2D eigenvalue weighted by molar-refractivity contribution is 0.0562. The highest BCUT2D eigenvalue weighted by molar-refractivity contribution is 6.05. The Morgan fingerprint density at radius 3 is 2.33 bits per heavy atom. The Hall–Kier alpha value is -3.43. The van der Waals surface area contributed by atoms with Crippen LogP contribution in [0.1, 0.15) is 47.1 Å². The average molecular weight is 416 g/mol. The molecule has 0 aromatic carbocycles. The fraction of sp³-hybridized carbons (Fsp3) is 0.450. The lowest BCUT2D eigenvalue weighted by Gasteiger charge is -2.20. The molecule has 0 radical (unpaired) electrons. The van der Waals surface area contributed by atoms with Crippen molar-refractivity contribution in [3.05, 3.63) is 36.4 Å². The smallest absolute Gasteiger partial charge is 0.437 e. The van der Waals surface area contributed by atoms with Gasteiger partial charge in [-0.15, -0.1) is 4.99 Å². The van der Waals surface area contributed by atoms with Crippen molar-refractivity contribution >= 4 is 24.0 Å². The van der Waals surface area contributed by atoms with Gasteiger partial charge in [0, 0.05) is 6.20 Å². The molecule has 0 aliphatic rings. The molecule has 30 heavy (non-hydrogen) atoms. The number of aliphatic imine (C=N–C) groups is 1. The van der Waals surface area contributed by atoms with Crippen molar-refractivity contribution in [3.63, 3.8) is 0 Å². The van der Waals surface area contributed by atoms with Gasteiger partial charge in [0.2, 0.25) is 5.96 Å². The monoisotopic (exact) mass is 416 g/mol. The molecule has 0 unspecified atom stereocenters. The van der Waals surface area contributed by atoms with Crippen LogP contribution in [0, 0.1) is 6.92 Å². The van der Waals surface area contributed by atoms with Gasteiger partial charge in [0.1, 0.15) is 23.3 Å². The van der Waals surface area contributed by atoms with Crippen molar-refractivity contribution in [2.75, 3.05) is 5.32 Å². The van der Waals surface area contributed by atoms with E-state index in [4.69, 9.17) is 9.47 Å². The number of carbonyl (C=O) groups excluding carboxylic acids is 2. The van der Waals surface area contributed by atoms with Gasteiger partial charge in [0.25, 0.3) is 0 Å². The first-order chi connectivity index (χ1) is 13.8. The zero-order chi connectivity index (χ0) is 22.5. The summed E-state index contributed by atoms with van der Waals surface area (Å²) < 4.78 is 12.1. The van der Waals surface area contributed by atoms with Gasteiger partial charge in [0.15, 0.2) is 5.82 Å². The molecule has 0 bridgehead atoms. The summed E-state index contributed by atoms with van der Waals surface area (Å²) in [6, 6.07) is 3.77. The van der Waals surface area contributed by atoms with Gasteiger partial charge in [-0.05, 0) is 66.2 Å². The number of carbonyl (C=O) groups is 2. The van der Waals surface area contributed by atoms with Crippen LogP contribution in [0.15, 0.2) is 35.8 Å². The van der Waals surface area contributed by atoms with Crippen LogP contribution >= 0.6 is 0 Å². The number of nitrogens with one attached hydrogen (secondary N) is 2. The average Bonchev–Trinajstić information content (AvgIpc) is 2.99. The van der Waals surface area contributed by atoms with Crippen LogP contribution < -0.4 is 10.6 Å². The number of alkyl carbamates (subject to hydrolysis) is 1. The third-order valence-corrected chi connectivity index (χ3v) is 3.21. The summed E-state index contributed by atoms with van der Waals surface area (Å²) in [6.07, 6.45) is 3.22. The Morgan fingerprint density at radius 1 is 1.07 bits per heavy atom. The lowest BCUT2D eigenvalue weighted by atomic mass is 10.2. The molecule has 2 heterocycles. The van der Waals surface area contributed by atoms with Gasteiger partial charge < -0.3 is 14.8 Å². The number of aryl methyl sites for hydroxylation is 1. The van der Waals surface area contributed by atoms with E-state index in [1.807, 2.05) is 19.1 Å². The van der Waals surface area contributed by atoms with E-state index < -0.39 is 23.4 Å². The second-order valence-electron chi connectivity index (χ2n) is 8.55. The van der Waals surface area contributed by atoms with Crippen molar-refractivity contribution in [2.24, 2.45) is 4.99 Å². The maximum absolute atomic E-state index is 12.1. The molecule has 0 spiro atoms. The molecule has 0 fully saturated rings. The van der Waals surface area contributed by atoms with E-state index in [1.165, 1.54) is 0 Å². The molecule has 162 valence electrons. The zero-order valence-electron chi connectivity index (χ0n) is 18.3. The highest BCUT2D eigenvalue weighted by Crippen LogP contribution is 2.12. The first-order valence-corrected chi connectivity index (χ1v) is 9.36. The molecule has 0 aliphatic heterocycles. The molecule has 0 atom stereocenters. The maximum atomic E-state index is 12.1. The van der Waals surface area contributed by atoms with Gasteiger partial charge in [-0.3, -0.25) is 9.88 Å². The number of amides is 2. The summed E-state index contributed by atoms with van der Waals surface area (Å²) in [6.45, 7) is 12.3. The molecular weight excluding hydrogens is 388 g/mol. The largest absolute Gasteiger partial charge is 0.444 e. The predicted octanol–water partition coefficient (Wildman–Crippen LogP) is 3.80. The number of ether oxygens (including phenoxy) is 2. The minimum Gasteiger partial charge on any atom is -0.444 e. The van der Waals surface area contributed by atoms with Gasteiger partial charge in [-0.1, -0.05) is 0 Å². The highest BCUT2D eigenvalue weighted by Gasteiger charge is 2.20. The first-order valence-electron chi connectivity index (χ1n) is 9.36. The molecule has 2 aromatic rings. The molecule has 2 amide bonds. The SMILES string of the molecule is Cc1ccnc(-n2cnc(NC(=NC(=O)OC(C)(C)C)NC(=O)OC(C)(C)C)c2)c1. The van der Waals surface area contributed by atoms with E-state index in [9.17, 15) is 9.59 Å². The summed E-state index contributed by atoms with van der Waals surface area (Å²) in [4.78, 5) is 36.5. The maximum Gasteiger partial charge on any atom is 0.437 e. The lowest BCUT2D eigenvalue weighted by Crippen LogP contribution is -2.40. The van der Waals surface area contributed by atoms with Crippen LogP contribution in [0.5, 0.6) is 0 Å². The van der Waals surface area contributed by atoms with Crippen molar-refractivity contribution in [1.82, 2.24) is 19.9 Å². The van der Waals surface area contributed by atoms with Gasteiger partial charge in [0.05, 0.1) is 6.20 Å². The third-order valence-electron chi connectivity index (χ3n) is 3.21. The molecule has 10 nitrogen and oxygen atoms in total. The third kappa shape index (κ3) is 7.90. The molecule has 10 heteroatoms.